The van der Waals surface area contributed by atoms with E-state index in [4.69, 9.17) is 14.2 Å². The summed E-state index contributed by atoms with van der Waals surface area (Å²) in [6.07, 6.45) is -0.751. The molecule has 1 N–H and O–H groups in total. The molecule has 1 atom stereocenters. The summed E-state index contributed by atoms with van der Waals surface area (Å²) in [5, 5.41) is 2.78. The Morgan fingerprint density at radius 3 is 2.35 bits per heavy atom. The van der Waals surface area contributed by atoms with Gasteiger partial charge >= 0.3 is 0 Å². The van der Waals surface area contributed by atoms with Crippen molar-refractivity contribution >= 4 is 17.4 Å². The van der Waals surface area contributed by atoms with Crippen LogP contribution < -0.4 is 19.5 Å². The molecule has 6 nitrogen and oxygen atoms in total. The minimum atomic E-state index is -0.751. The zero-order chi connectivity index (χ0) is 19.1. The summed E-state index contributed by atoms with van der Waals surface area (Å²) in [7, 11) is 1.48. The molecule has 0 aromatic heterocycles. The van der Waals surface area contributed by atoms with Gasteiger partial charge in [-0.1, -0.05) is 0 Å². The Morgan fingerprint density at radius 2 is 1.77 bits per heavy atom. The molecule has 0 radical (unpaired) electrons. The molecule has 1 amide bonds. The molecular formula is C20H23NO5. The van der Waals surface area contributed by atoms with Gasteiger partial charge in [0.1, 0.15) is 5.75 Å². The fraction of sp³-hybridized carbons (Fsp3) is 0.300. The SMILES string of the molecule is CCOc1ccc(NC(=O)[C@H](C)Oc2ccc(C(C)=O)cc2OC)cc1. The Bertz CT molecular complexity index is 770. The van der Waals surface area contributed by atoms with E-state index in [9.17, 15) is 9.59 Å². The molecule has 0 fully saturated rings. The second-order valence-electron chi connectivity index (χ2n) is 5.63. The second-order valence-corrected chi connectivity index (χ2v) is 5.63. The van der Waals surface area contributed by atoms with Gasteiger partial charge in [0.05, 0.1) is 13.7 Å². The number of ketones is 1. The van der Waals surface area contributed by atoms with Crippen LogP contribution in [-0.4, -0.2) is 31.5 Å². The van der Waals surface area contributed by atoms with Crippen LogP contribution in [0, 0.1) is 0 Å². The van der Waals surface area contributed by atoms with Crippen LogP contribution in [0.2, 0.25) is 0 Å². The largest absolute Gasteiger partial charge is 0.494 e. The zero-order valence-corrected chi connectivity index (χ0v) is 15.4. The van der Waals surface area contributed by atoms with Gasteiger partial charge in [0.2, 0.25) is 0 Å². The first-order valence-electron chi connectivity index (χ1n) is 8.34. The highest BCUT2D eigenvalue weighted by Gasteiger charge is 2.18. The lowest BCUT2D eigenvalue weighted by molar-refractivity contribution is -0.122. The summed E-state index contributed by atoms with van der Waals surface area (Å²) in [5.41, 5.74) is 1.16. The van der Waals surface area contributed by atoms with Gasteiger partial charge in [0.15, 0.2) is 23.4 Å². The Morgan fingerprint density at radius 1 is 1.08 bits per heavy atom. The van der Waals surface area contributed by atoms with Crippen LogP contribution in [0.1, 0.15) is 31.1 Å². The number of carbonyl (C=O) groups excluding carboxylic acids is 2. The average molecular weight is 357 g/mol. The van der Waals surface area contributed by atoms with Gasteiger partial charge in [-0.2, -0.15) is 0 Å². The smallest absolute Gasteiger partial charge is 0.265 e. The number of amides is 1. The Balaban J connectivity index is 2.03. The third kappa shape index (κ3) is 4.99. The molecule has 2 aromatic carbocycles. The van der Waals surface area contributed by atoms with Crippen molar-refractivity contribution in [3.8, 4) is 17.2 Å². The Hall–Kier alpha value is -3.02. The molecular weight excluding hydrogens is 334 g/mol. The third-order valence-corrected chi connectivity index (χ3v) is 3.68. The van der Waals surface area contributed by atoms with Gasteiger partial charge in [-0.05, 0) is 63.2 Å². The molecule has 138 valence electrons. The van der Waals surface area contributed by atoms with Gasteiger partial charge < -0.3 is 19.5 Å². The van der Waals surface area contributed by atoms with E-state index in [0.29, 0.717) is 29.4 Å². The van der Waals surface area contributed by atoms with Crippen LogP contribution in [0.4, 0.5) is 5.69 Å². The van der Waals surface area contributed by atoms with Crippen LogP contribution in [0.25, 0.3) is 0 Å². The fourth-order valence-electron chi connectivity index (χ4n) is 2.27. The van der Waals surface area contributed by atoms with Crippen molar-refractivity contribution in [2.45, 2.75) is 26.9 Å². The molecule has 0 spiro atoms. The highest BCUT2D eigenvalue weighted by Crippen LogP contribution is 2.29. The monoisotopic (exact) mass is 357 g/mol. The number of carbonyl (C=O) groups is 2. The number of benzene rings is 2. The highest BCUT2D eigenvalue weighted by molar-refractivity contribution is 5.95. The molecule has 6 heteroatoms. The number of nitrogens with one attached hydrogen (secondary N) is 1. The van der Waals surface area contributed by atoms with Gasteiger partial charge in [-0.15, -0.1) is 0 Å². The minimum Gasteiger partial charge on any atom is -0.494 e. The van der Waals surface area contributed by atoms with Gasteiger partial charge in [-0.3, -0.25) is 9.59 Å². The normalized spacial score (nSPS) is 11.4. The summed E-state index contributed by atoms with van der Waals surface area (Å²) < 4.78 is 16.3. The second kappa shape index (κ2) is 8.89. The maximum absolute atomic E-state index is 12.3. The first-order valence-corrected chi connectivity index (χ1v) is 8.34. The zero-order valence-electron chi connectivity index (χ0n) is 15.4. The van der Waals surface area contributed by atoms with E-state index < -0.39 is 6.10 Å². The number of rotatable bonds is 8. The van der Waals surface area contributed by atoms with Crippen LogP contribution >= 0.6 is 0 Å². The lowest BCUT2D eigenvalue weighted by Crippen LogP contribution is -2.30. The standard InChI is InChI=1S/C20H23NO5/c1-5-25-17-9-7-16(8-10-17)21-20(23)14(3)26-18-11-6-15(13(2)22)12-19(18)24-4/h6-12,14H,5H2,1-4H3,(H,21,23)/t14-/m0/s1. The number of methoxy groups -OCH3 is 1. The molecule has 0 heterocycles. The van der Waals surface area contributed by atoms with E-state index in [1.165, 1.54) is 14.0 Å². The number of hydrogen-bond acceptors (Lipinski definition) is 5. The van der Waals surface area contributed by atoms with E-state index in [0.717, 1.165) is 5.75 Å². The van der Waals surface area contributed by atoms with E-state index in [2.05, 4.69) is 5.32 Å². The maximum atomic E-state index is 12.3. The first-order chi connectivity index (χ1) is 12.4. The quantitative estimate of drug-likeness (QED) is 0.729. The first kappa shape index (κ1) is 19.3. The number of Topliss-reactive ketones (excluding diaryl/α,β-unsaturated/α-hetero) is 1. The number of hydrogen-bond donors (Lipinski definition) is 1. The Labute approximate surface area is 153 Å². The molecule has 0 saturated carbocycles. The van der Waals surface area contributed by atoms with Crippen molar-refractivity contribution in [1.29, 1.82) is 0 Å². The highest BCUT2D eigenvalue weighted by atomic mass is 16.5. The van der Waals surface area contributed by atoms with E-state index in [-0.39, 0.29) is 11.7 Å². The predicted molar refractivity (Wildman–Crippen MR) is 99.3 cm³/mol. The van der Waals surface area contributed by atoms with Gasteiger partial charge in [0, 0.05) is 11.3 Å². The summed E-state index contributed by atoms with van der Waals surface area (Å²) in [5.74, 6) is 1.17. The molecule has 2 rings (SSSR count). The Kier molecular flexibility index (Phi) is 6.60. The lowest BCUT2D eigenvalue weighted by Gasteiger charge is -2.17. The molecule has 0 unspecified atom stereocenters. The average Bonchev–Trinajstić information content (AvgIpc) is 2.63. The van der Waals surface area contributed by atoms with Crippen molar-refractivity contribution in [2.75, 3.05) is 19.0 Å². The van der Waals surface area contributed by atoms with Crippen molar-refractivity contribution in [3.05, 3.63) is 48.0 Å². The van der Waals surface area contributed by atoms with Gasteiger partial charge in [-0.25, -0.2) is 0 Å². The predicted octanol–water partition coefficient (Wildman–Crippen LogP) is 3.70. The van der Waals surface area contributed by atoms with Crippen molar-refractivity contribution < 1.29 is 23.8 Å². The number of anilines is 1. The van der Waals surface area contributed by atoms with Crippen LogP contribution in [0.5, 0.6) is 17.2 Å². The summed E-state index contributed by atoms with van der Waals surface area (Å²) in [4.78, 5) is 23.8. The topological polar surface area (TPSA) is 73.9 Å². The third-order valence-electron chi connectivity index (χ3n) is 3.68. The van der Waals surface area contributed by atoms with Crippen LogP contribution in [0.3, 0.4) is 0 Å². The van der Waals surface area contributed by atoms with E-state index in [1.807, 2.05) is 6.92 Å². The summed E-state index contributed by atoms with van der Waals surface area (Å²) >= 11 is 0. The lowest BCUT2D eigenvalue weighted by atomic mass is 10.1. The summed E-state index contributed by atoms with van der Waals surface area (Å²) in [6.45, 7) is 5.61. The van der Waals surface area contributed by atoms with E-state index in [1.54, 1.807) is 49.4 Å². The van der Waals surface area contributed by atoms with E-state index >= 15 is 0 Å². The minimum absolute atomic E-state index is 0.0730. The molecule has 26 heavy (non-hydrogen) atoms. The molecule has 0 aliphatic carbocycles. The maximum Gasteiger partial charge on any atom is 0.265 e. The molecule has 0 bridgehead atoms. The molecule has 0 aliphatic rings. The molecule has 0 aliphatic heterocycles. The van der Waals surface area contributed by atoms with Crippen LogP contribution in [0.15, 0.2) is 42.5 Å². The molecule has 0 saturated heterocycles. The summed E-state index contributed by atoms with van der Waals surface area (Å²) in [6, 6.07) is 11.9. The fourth-order valence-corrected chi connectivity index (χ4v) is 2.27. The molecule has 2 aromatic rings. The number of ether oxygens (including phenoxy) is 3. The van der Waals surface area contributed by atoms with Crippen molar-refractivity contribution in [3.63, 3.8) is 0 Å². The van der Waals surface area contributed by atoms with Crippen LogP contribution in [-0.2, 0) is 4.79 Å². The van der Waals surface area contributed by atoms with Gasteiger partial charge in [0.25, 0.3) is 5.91 Å². The van der Waals surface area contributed by atoms with Crippen molar-refractivity contribution in [1.82, 2.24) is 0 Å². The van der Waals surface area contributed by atoms with Crippen molar-refractivity contribution in [2.24, 2.45) is 0 Å².